The summed E-state index contributed by atoms with van der Waals surface area (Å²) in [7, 11) is 0. The van der Waals surface area contributed by atoms with E-state index >= 15 is 0 Å². The number of benzene rings is 1. The number of rotatable bonds is 9. The van der Waals surface area contributed by atoms with Crippen LogP contribution in [0.2, 0.25) is 0 Å². The lowest BCUT2D eigenvalue weighted by atomic mass is 10.0. The monoisotopic (exact) mass is 476 g/mol. The van der Waals surface area contributed by atoms with E-state index in [1.165, 1.54) is 0 Å². The van der Waals surface area contributed by atoms with Crippen molar-refractivity contribution in [3.05, 3.63) is 57.9 Å². The largest absolute Gasteiger partial charge is 0.387 e. The van der Waals surface area contributed by atoms with Gasteiger partial charge in [-0.25, -0.2) is 4.99 Å². The Morgan fingerprint density at radius 3 is 2.71 bits per heavy atom. The first-order valence-electron chi connectivity index (χ1n) is 12.2. The van der Waals surface area contributed by atoms with Gasteiger partial charge in [-0.15, -0.1) is 0 Å². The molecular formula is C27H36N6O2. The van der Waals surface area contributed by atoms with Crippen LogP contribution in [0.4, 0.5) is 5.69 Å². The molecule has 0 unspecified atom stereocenters. The molecule has 2 aliphatic rings. The van der Waals surface area contributed by atoms with Crippen molar-refractivity contribution < 1.29 is 9.59 Å². The average molecular weight is 477 g/mol. The van der Waals surface area contributed by atoms with E-state index < -0.39 is 0 Å². The summed E-state index contributed by atoms with van der Waals surface area (Å²) in [5.41, 5.74) is 11.3. The first-order chi connectivity index (χ1) is 16.9. The van der Waals surface area contributed by atoms with Gasteiger partial charge in [-0.2, -0.15) is 0 Å². The predicted octanol–water partition coefficient (Wildman–Crippen LogP) is 3.69. The van der Waals surface area contributed by atoms with E-state index in [4.69, 9.17) is 5.73 Å². The van der Waals surface area contributed by atoms with Crippen LogP contribution in [-0.4, -0.2) is 55.4 Å². The fraction of sp³-hybridized carbons (Fsp3) is 0.407. The third-order valence-electron chi connectivity index (χ3n) is 5.92. The molecule has 4 N–H and O–H groups in total. The lowest BCUT2D eigenvalue weighted by molar-refractivity contribution is -0.127. The maximum absolute atomic E-state index is 13.1. The van der Waals surface area contributed by atoms with Crippen LogP contribution in [0.15, 0.2) is 56.8 Å². The van der Waals surface area contributed by atoms with Gasteiger partial charge in [0.1, 0.15) is 5.84 Å². The Balaban J connectivity index is 1.82. The molecule has 2 aliphatic heterocycles. The van der Waals surface area contributed by atoms with Crippen molar-refractivity contribution in [2.24, 2.45) is 15.7 Å². The van der Waals surface area contributed by atoms with Gasteiger partial charge in [0.25, 0.3) is 5.91 Å². The van der Waals surface area contributed by atoms with Gasteiger partial charge in [0.2, 0.25) is 5.91 Å². The zero-order chi connectivity index (χ0) is 25.4. The highest BCUT2D eigenvalue weighted by atomic mass is 16.2. The molecule has 1 aromatic rings. The molecule has 0 saturated heterocycles. The summed E-state index contributed by atoms with van der Waals surface area (Å²) in [6.45, 7) is 12.6. The quantitative estimate of drug-likeness (QED) is 0.472. The van der Waals surface area contributed by atoms with E-state index in [2.05, 4.69) is 41.2 Å². The van der Waals surface area contributed by atoms with Crippen LogP contribution >= 0.6 is 0 Å². The second-order valence-corrected chi connectivity index (χ2v) is 8.85. The van der Waals surface area contributed by atoms with E-state index in [-0.39, 0.29) is 18.2 Å². The molecule has 0 aliphatic carbocycles. The Hall–Kier alpha value is -3.52. The Kier molecular flexibility index (Phi) is 9.14. The Bertz CT molecular complexity index is 1110. The topological polar surface area (TPSA) is 112 Å². The van der Waals surface area contributed by atoms with Gasteiger partial charge in [-0.3, -0.25) is 14.6 Å². The number of hydrogen-bond donors (Lipinski definition) is 3. The Morgan fingerprint density at radius 2 is 2.03 bits per heavy atom. The molecule has 8 nitrogen and oxygen atoms in total. The van der Waals surface area contributed by atoms with Crippen molar-refractivity contribution in [2.45, 2.75) is 46.5 Å². The number of hydrogen-bond acceptors (Lipinski definition) is 6. The lowest BCUT2D eigenvalue weighted by Crippen LogP contribution is -2.34. The van der Waals surface area contributed by atoms with Crippen molar-refractivity contribution in [1.29, 1.82) is 0 Å². The minimum Gasteiger partial charge on any atom is -0.387 e. The Labute approximate surface area is 207 Å². The van der Waals surface area contributed by atoms with Crippen LogP contribution in [0.3, 0.4) is 0 Å². The van der Waals surface area contributed by atoms with Gasteiger partial charge in [0, 0.05) is 67.1 Å². The molecule has 3 rings (SSSR count). The van der Waals surface area contributed by atoms with Crippen molar-refractivity contribution >= 4 is 36.1 Å². The fourth-order valence-corrected chi connectivity index (χ4v) is 4.28. The van der Waals surface area contributed by atoms with Crippen LogP contribution in [0.25, 0.3) is 6.08 Å². The number of amidine groups is 1. The highest BCUT2D eigenvalue weighted by Crippen LogP contribution is 2.28. The first kappa shape index (κ1) is 26.1. The SMILES string of the molecule is C=NC1=C(/C=C(\C)NC(=O)c2ccc3c(c2)N=C(N)CC(C(=O)N(CCC)CCC)=C3)CNCC1. The number of nitrogens with one attached hydrogen (secondary N) is 2. The third kappa shape index (κ3) is 6.76. The van der Waals surface area contributed by atoms with Gasteiger partial charge in [0.05, 0.1) is 5.69 Å². The summed E-state index contributed by atoms with van der Waals surface area (Å²) < 4.78 is 0. The molecule has 1 aromatic carbocycles. The summed E-state index contributed by atoms with van der Waals surface area (Å²) in [6, 6.07) is 5.27. The van der Waals surface area contributed by atoms with Crippen molar-refractivity contribution in [3.63, 3.8) is 0 Å². The van der Waals surface area contributed by atoms with Crippen molar-refractivity contribution in [3.8, 4) is 0 Å². The molecule has 0 spiro atoms. The van der Waals surface area contributed by atoms with Crippen LogP contribution in [0, 0.1) is 0 Å². The van der Waals surface area contributed by atoms with Gasteiger partial charge < -0.3 is 21.3 Å². The minimum atomic E-state index is -0.241. The summed E-state index contributed by atoms with van der Waals surface area (Å²) in [6.07, 6.45) is 6.65. The first-order valence-corrected chi connectivity index (χ1v) is 12.2. The van der Waals surface area contributed by atoms with Crippen molar-refractivity contribution in [2.75, 3.05) is 26.2 Å². The number of aliphatic imine (C=N–C) groups is 2. The smallest absolute Gasteiger partial charge is 0.255 e. The van der Waals surface area contributed by atoms with Crippen LogP contribution < -0.4 is 16.4 Å². The molecule has 2 amide bonds. The van der Waals surface area contributed by atoms with Crippen molar-refractivity contribution in [1.82, 2.24) is 15.5 Å². The second-order valence-electron chi connectivity index (χ2n) is 8.85. The molecule has 0 fully saturated rings. The van der Waals surface area contributed by atoms with Crippen LogP contribution in [0.1, 0.15) is 62.4 Å². The highest BCUT2D eigenvalue weighted by molar-refractivity contribution is 6.06. The zero-order valence-corrected chi connectivity index (χ0v) is 21.0. The van der Waals surface area contributed by atoms with E-state index in [9.17, 15) is 9.59 Å². The molecular weight excluding hydrogens is 440 g/mol. The Morgan fingerprint density at radius 1 is 1.29 bits per heavy atom. The van der Waals surface area contributed by atoms with Gasteiger partial charge in [-0.1, -0.05) is 19.9 Å². The number of carbonyl (C=O) groups excluding carboxylic acids is 2. The standard InChI is InChI=1S/C27H36N6O2/c1-5-11-33(12-6-2)27(35)21-14-19-7-8-20(15-24(19)32-25(28)16-21)26(34)31-18(3)13-22-17-30-10-9-23(22)29-4/h7-8,13-15,30H,4-6,9-12,16-17H2,1-3H3,(H2,28,32)(H,31,34)/b18-13+. The maximum atomic E-state index is 13.1. The molecule has 0 atom stereocenters. The summed E-state index contributed by atoms with van der Waals surface area (Å²) in [4.78, 5) is 36.6. The van der Waals surface area contributed by atoms with Gasteiger partial charge >= 0.3 is 0 Å². The predicted molar refractivity (Wildman–Crippen MR) is 143 cm³/mol. The van der Waals surface area contributed by atoms with E-state index in [0.29, 0.717) is 48.0 Å². The number of nitrogens with zero attached hydrogens (tertiary/aromatic N) is 3. The fourth-order valence-electron chi connectivity index (χ4n) is 4.28. The van der Waals surface area contributed by atoms with Gasteiger partial charge in [0.15, 0.2) is 0 Å². The van der Waals surface area contributed by atoms with E-state index in [1.807, 2.05) is 30.0 Å². The molecule has 2 heterocycles. The number of amides is 2. The minimum absolute atomic E-state index is 0.0119. The third-order valence-corrected chi connectivity index (χ3v) is 5.92. The average Bonchev–Trinajstić information content (AvgIpc) is 3.01. The summed E-state index contributed by atoms with van der Waals surface area (Å²) in [5, 5.41) is 6.24. The van der Waals surface area contributed by atoms with Crippen LogP contribution in [-0.2, 0) is 4.79 Å². The summed E-state index contributed by atoms with van der Waals surface area (Å²) >= 11 is 0. The molecule has 0 saturated carbocycles. The normalized spacial score (nSPS) is 16.0. The molecule has 186 valence electrons. The number of carbonyl (C=O) groups is 2. The summed E-state index contributed by atoms with van der Waals surface area (Å²) in [5.74, 6) is 0.0997. The molecule has 0 bridgehead atoms. The molecule has 0 radical (unpaired) electrons. The number of nitrogens with two attached hydrogens (primary N) is 1. The van der Waals surface area contributed by atoms with Crippen LogP contribution in [0.5, 0.6) is 0 Å². The van der Waals surface area contributed by atoms with E-state index in [0.717, 1.165) is 42.6 Å². The lowest BCUT2D eigenvalue weighted by Gasteiger charge is -2.22. The molecule has 8 heteroatoms. The molecule has 0 aromatic heterocycles. The van der Waals surface area contributed by atoms with E-state index in [1.54, 1.807) is 12.1 Å². The highest BCUT2D eigenvalue weighted by Gasteiger charge is 2.21. The number of allylic oxidation sites excluding steroid dienone is 1. The molecule has 35 heavy (non-hydrogen) atoms. The number of fused-ring (bicyclic) bond motifs is 1. The van der Waals surface area contributed by atoms with Gasteiger partial charge in [-0.05, 0) is 56.3 Å². The second kappa shape index (κ2) is 12.3. The maximum Gasteiger partial charge on any atom is 0.255 e. The zero-order valence-electron chi connectivity index (χ0n) is 21.0.